The van der Waals surface area contributed by atoms with Crippen LogP contribution in [-0.2, 0) is 9.59 Å². The number of nitrogens with zero attached hydrogens (tertiary/aromatic N) is 1. The summed E-state index contributed by atoms with van der Waals surface area (Å²) in [4.78, 5) is 48.8. The van der Waals surface area contributed by atoms with Crippen LogP contribution < -0.4 is 15.2 Å². The van der Waals surface area contributed by atoms with Crippen molar-refractivity contribution in [2.45, 2.75) is 13.8 Å². The highest BCUT2D eigenvalue weighted by atomic mass is 32.2. The average Bonchev–Trinajstić information content (AvgIpc) is 2.97. The number of benzene rings is 2. The highest BCUT2D eigenvalue weighted by Gasteiger charge is 2.35. The van der Waals surface area contributed by atoms with E-state index >= 15 is 0 Å². The maximum absolute atomic E-state index is 12.4. The van der Waals surface area contributed by atoms with E-state index in [2.05, 4.69) is 0 Å². The molecular weight excluding hydrogens is 420 g/mol. The Morgan fingerprint density at radius 3 is 2.45 bits per heavy atom. The van der Waals surface area contributed by atoms with Crippen LogP contribution in [0.2, 0.25) is 0 Å². The zero-order valence-corrected chi connectivity index (χ0v) is 17.7. The number of imide groups is 1. The Morgan fingerprint density at radius 2 is 1.81 bits per heavy atom. The number of primary amides is 1. The molecule has 2 aromatic carbocycles. The molecule has 2 N–H and O–H groups in total. The quantitative estimate of drug-likeness (QED) is 0.399. The molecule has 9 heteroatoms. The second-order valence-electron chi connectivity index (χ2n) is 6.63. The predicted molar refractivity (Wildman–Crippen MR) is 116 cm³/mol. The van der Waals surface area contributed by atoms with Crippen LogP contribution in [0.15, 0.2) is 47.4 Å². The molecule has 0 aliphatic carbocycles. The summed E-state index contributed by atoms with van der Waals surface area (Å²) < 4.78 is 11.1. The van der Waals surface area contributed by atoms with Gasteiger partial charge in [0.25, 0.3) is 11.1 Å². The molecule has 3 amide bonds. The van der Waals surface area contributed by atoms with Crippen LogP contribution >= 0.6 is 11.8 Å². The number of amides is 3. The fraction of sp³-hybridized carbons (Fsp3) is 0.182. The van der Waals surface area contributed by atoms with Crippen molar-refractivity contribution in [1.82, 2.24) is 4.90 Å². The van der Waals surface area contributed by atoms with Gasteiger partial charge in [0, 0.05) is 0 Å². The van der Waals surface area contributed by atoms with Crippen LogP contribution in [0.4, 0.5) is 4.79 Å². The number of esters is 1. The second-order valence-corrected chi connectivity index (χ2v) is 7.62. The molecule has 3 rings (SSSR count). The van der Waals surface area contributed by atoms with Gasteiger partial charge >= 0.3 is 5.97 Å². The minimum Gasteiger partial charge on any atom is -0.490 e. The van der Waals surface area contributed by atoms with Gasteiger partial charge in [0.05, 0.1) is 17.1 Å². The lowest BCUT2D eigenvalue weighted by Crippen LogP contribution is -2.36. The average molecular weight is 440 g/mol. The summed E-state index contributed by atoms with van der Waals surface area (Å²) in [6, 6.07) is 11.8. The first-order valence-corrected chi connectivity index (χ1v) is 10.2. The summed E-state index contributed by atoms with van der Waals surface area (Å²) in [5, 5.41) is -0.566. The zero-order valence-electron chi connectivity index (χ0n) is 16.9. The van der Waals surface area contributed by atoms with Crippen LogP contribution in [0.3, 0.4) is 0 Å². The Labute approximate surface area is 183 Å². The number of nitrogens with two attached hydrogens (primary N) is 1. The fourth-order valence-corrected chi connectivity index (χ4v) is 3.60. The van der Waals surface area contributed by atoms with Gasteiger partial charge in [-0.05, 0) is 61.5 Å². The summed E-state index contributed by atoms with van der Waals surface area (Å²) in [5.41, 5.74) is 7.07. The molecule has 0 bridgehead atoms. The van der Waals surface area contributed by atoms with E-state index in [4.69, 9.17) is 15.2 Å². The number of carbonyl (C=O) groups is 4. The first-order valence-electron chi connectivity index (χ1n) is 9.38. The number of thioether (sulfide) groups is 1. The van der Waals surface area contributed by atoms with Crippen molar-refractivity contribution >= 4 is 40.9 Å². The first-order chi connectivity index (χ1) is 14.8. The highest BCUT2D eigenvalue weighted by Crippen LogP contribution is 2.34. The molecule has 1 fully saturated rings. The Bertz CT molecular complexity index is 1080. The maximum atomic E-state index is 12.4. The molecule has 160 valence electrons. The topological polar surface area (TPSA) is 116 Å². The van der Waals surface area contributed by atoms with Gasteiger partial charge < -0.3 is 15.2 Å². The molecule has 0 aromatic heterocycles. The van der Waals surface area contributed by atoms with Crippen LogP contribution in [0.25, 0.3) is 6.08 Å². The van der Waals surface area contributed by atoms with Gasteiger partial charge in [0.15, 0.2) is 11.5 Å². The smallest absolute Gasteiger partial charge is 0.343 e. The van der Waals surface area contributed by atoms with Gasteiger partial charge in [-0.25, -0.2) is 4.79 Å². The minimum absolute atomic E-state index is 0.151. The monoisotopic (exact) mass is 440 g/mol. The van der Waals surface area contributed by atoms with Gasteiger partial charge in [0.1, 0.15) is 6.54 Å². The molecule has 1 heterocycles. The van der Waals surface area contributed by atoms with E-state index in [9.17, 15) is 19.2 Å². The third-order valence-corrected chi connectivity index (χ3v) is 5.15. The van der Waals surface area contributed by atoms with E-state index in [1.54, 1.807) is 37.3 Å². The third kappa shape index (κ3) is 5.32. The van der Waals surface area contributed by atoms with Gasteiger partial charge in [-0.3, -0.25) is 19.3 Å². The lowest BCUT2D eigenvalue weighted by atomic mass is 10.1. The van der Waals surface area contributed by atoms with Crippen molar-refractivity contribution in [3.05, 3.63) is 64.1 Å². The predicted octanol–water partition coefficient (Wildman–Crippen LogP) is 3.13. The molecule has 1 aliphatic heterocycles. The summed E-state index contributed by atoms with van der Waals surface area (Å²) >= 11 is 0.716. The molecular formula is C22H20N2O6S. The molecule has 31 heavy (non-hydrogen) atoms. The normalized spacial score (nSPS) is 14.8. The molecule has 1 aliphatic rings. The Morgan fingerprint density at radius 1 is 1.10 bits per heavy atom. The number of hydrogen-bond acceptors (Lipinski definition) is 7. The molecule has 0 atom stereocenters. The number of aryl methyl sites for hydroxylation is 1. The Hall–Kier alpha value is -3.59. The van der Waals surface area contributed by atoms with E-state index in [0.717, 1.165) is 10.5 Å². The van der Waals surface area contributed by atoms with E-state index in [0.29, 0.717) is 35.2 Å². The molecule has 0 radical (unpaired) electrons. The molecule has 8 nitrogen and oxygen atoms in total. The van der Waals surface area contributed by atoms with E-state index < -0.39 is 29.6 Å². The Kier molecular flexibility index (Phi) is 6.76. The van der Waals surface area contributed by atoms with Crippen molar-refractivity contribution in [1.29, 1.82) is 0 Å². The van der Waals surface area contributed by atoms with Crippen LogP contribution in [0, 0.1) is 6.92 Å². The lowest BCUT2D eigenvalue weighted by molar-refractivity contribution is -0.127. The zero-order chi connectivity index (χ0) is 22.5. The lowest BCUT2D eigenvalue weighted by Gasteiger charge is -2.12. The summed E-state index contributed by atoms with van der Waals surface area (Å²) in [7, 11) is 0. The largest absolute Gasteiger partial charge is 0.490 e. The number of carbonyl (C=O) groups excluding carboxylic acids is 4. The van der Waals surface area contributed by atoms with Gasteiger partial charge in [-0.2, -0.15) is 0 Å². The standard InChI is InChI=1S/C22H20N2O6S/c1-3-29-17-10-14(11-18-20(26)24(12-19(23)25)22(28)31-18)6-9-16(17)30-21(27)15-7-4-13(2)5-8-15/h4-11H,3,12H2,1-2H3,(H2,23,25)/b18-11-. The summed E-state index contributed by atoms with van der Waals surface area (Å²) in [6.45, 7) is 3.56. The minimum atomic E-state index is -0.776. The molecule has 0 spiro atoms. The van der Waals surface area contributed by atoms with Crippen molar-refractivity contribution in [3.8, 4) is 11.5 Å². The molecule has 2 aromatic rings. The van der Waals surface area contributed by atoms with Crippen molar-refractivity contribution < 1.29 is 28.7 Å². The van der Waals surface area contributed by atoms with Crippen molar-refractivity contribution in [2.24, 2.45) is 5.73 Å². The first kappa shape index (κ1) is 22.1. The highest BCUT2D eigenvalue weighted by molar-refractivity contribution is 8.18. The van der Waals surface area contributed by atoms with Gasteiger partial charge in [-0.1, -0.05) is 23.8 Å². The van der Waals surface area contributed by atoms with E-state index in [1.165, 1.54) is 6.08 Å². The SMILES string of the molecule is CCOc1cc(/C=C2\SC(=O)N(CC(N)=O)C2=O)ccc1OC(=O)c1ccc(C)cc1. The van der Waals surface area contributed by atoms with E-state index in [-0.39, 0.29) is 10.7 Å². The summed E-state index contributed by atoms with van der Waals surface area (Å²) in [6.07, 6.45) is 1.50. The molecule has 1 saturated heterocycles. The second kappa shape index (κ2) is 9.48. The molecule has 0 unspecified atom stereocenters. The van der Waals surface area contributed by atoms with Crippen molar-refractivity contribution in [3.63, 3.8) is 0 Å². The third-order valence-electron chi connectivity index (χ3n) is 4.24. The van der Waals surface area contributed by atoms with Crippen LogP contribution in [0.1, 0.15) is 28.4 Å². The summed E-state index contributed by atoms with van der Waals surface area (Å²) in [5.74, 6) is -1.36. The maximum Gasteiger partial charge on any atom is 0.343 e. The van der Waals surface area contributed by atoms with Gasteiger partial charge in [-0.15, -0.1) is 0 Å². The fourth-order valence-electron chi connectivity index (χ4n) is 2.76. The van der Waals surface area contributed by atoms with E-state index in [1.807, 2.05) is 19.1 Å². The number of ether oxygens (including phenoxy) is 2. The van der Waals surface area contributed by atoms with Crippen LogP contribution in [-0.4, -0.2) is 41.1 Å². The van der Waals surface area contributed by atoms with Gasteiger partial charge in [0.2, 0.25) is 5.91 Å². The molecule has 0 saturated carbocycles. The number of rotatable bonds is 7. The number of hydrogen-bond donors (Lipinski definition) is 1. The van der Waals surface area contributed by atoms with Crippen molar-refractivity contribution in [2.75, 3.05) is 13.2 Å². The Balaban J connectivity index is 1.83. The van der Waals surface area contributed by atoms with Crippen LogP contribution in [0.5, 0.6) is 11.5 Å².